The van der Waals surface area contributed by atoms with Gasteiger partial charge in [0, 0.05) is 5.75 Å². The summed E-state index contributed by atoms with van der Waals surface area (Å²) in [5.74, 6) is 0.680. The van der Waals surface area contributed by atoms with E-state index in [1.165, 1.54) is 11.3 Å². The molecule has 5 heteroatoms. The molecule has 0 aromatic carbocycles. The first-order chi connectivity index (χ1) is 5.79. The van der Waals surface area contributed by atoms with E-state index in [9.17, 15) is 8.78 Å². The van der Waals surface area contributed by atoms with Gasteiger partial charge in [-0.25, -0.2) is 0 Å². The molecule has 66 valence electrons. The van der Waals surface area contributed by atoms with Crippen LogP contribution in [0.15, 0.2) is 28.1 Å². The third kappa shape index (κ3) is 3.82. The molecule has 0 amide bonds. The highest BCUT2D eigenvalue weighted by atomic mass is 32.2. The maximum atomic E-state index is 11.5. The van der Waals surface area contributed by atoms with Crippen LogP contribution in [0.1, 0.15) is 6.42 Å². The van der Waals surface area contributed by atoms with Crippen LogP contribution in [-0.4, -0.2) is 10.7 Å². The molecule has 1 rings (SSSR count). The number of aromatic nitrogens is 1. The number of thiazole rings is 1. The molecule has 0 spiro atoms. The molecule has 12 heavy (non-hydrogen) atoms. The van der Waals surface area contributed by atoms with Crippen molar-refractivity contribution in [2.45, 2.75) is 10.6 Å². The highest BCUT2D eigenvalue weighted by molar-refractivity contribution is 8.01. The van der Waals surface area contributed by atoms with Gasteiger partial charge in [0.25, 0.3) is 6.08 Å². The zero-order valence-corrected chi connectivity index (χ0v) is 7.80. The van der Waals surface area contributed by atoms with Crippen LogP contribution in [0.2, 0.25) is 0 Å². The molecular weight excluding hydrogens is 200 g/mol. The van der Waals surface area contributed by atoms with Crippen molar-refractivity contribution < 1.29 is 8.78 Å². The van der Waals surface area contributed by atoms with Gasteiger partial charge < -0.3 is 0 Å². The molecule has 1 nitrogen and oxygen atoms in total. The summed E-state index contributed by atoms with van der Waals surface area (Å²) >= 11 is 3.07. The molecule has 0 fully saturated rings. The second kappa shape index (κ2) is 5.27. The van der Waals surface area contributed by atoms with E-state index in [0.29, 0.717) is 12.2 Å². The Kier molecular flexibility index (Phi) is 4.24. The van der Waals surface area contributed by atoms with Crippen molar-refractivity contribution in [3.63, 3.8) is 0 Å². The van der Waals surface area contributed by atoms with Gasteiger partial charge in [-0.1, -0.05) is 0 Å². The minimum absolute atomic E-state index is 0.408. The van der Waals surface area contributed by atoms with Gasteiger partial charge in [-0.3, -0.25) is 4.98 Å². The summed E-state index contributed by atoms with van der Waals surface area (Å²) in [6.45, 7) is 0. The fraction of sp³-hybridized carbons (Fsp3) is 0.286. The van der Waals surface area contributed by atoms with E-state index in [2.05, 4.69) is 4.98 Å². The summed E-state index contributed by atoms with van der Waals surface area (Å²) in [5, 5.41) is 0. The van der Waals surface area contributed by atoms with Gasteiger partial charge in [-0.15, -0.1) is 23.1 Å². The molecule has 0 saturated carbocycles. The lowest BCUT2D eigenvalue weighted by molar-refractivity contribution is 0.418. The molecule has 0 N–H and O–H groups in total. The van der Waals surface area contributed by atoms with Crippen molar-refractivity contribution in [2.75, 3.05) is 5.75 Å². The Morgan fingerprint density at radius 1 is 1.67 bits per heavy atom. The Hall–Kier alpha value is -0.420. The van der Waals surface area contributed by atoms with E-state index in [4.69, 9.17) is 0 Å². The molecule has 1 aromatic heterocycles. The lowest BCUT2D eigenvalue weighted by atomic mass is 10.5. The molecule has 0 aliphatic heterocycles. The predicted molar refractivity (Wildman–Crippen MR) is 47.8 cm³/mol. The summed E-state index contributed by atoms with van der Waals surface area (Å²) in [6.07, 6.45) is 1.49. The largest absolute Gasteiger partial charge is 0.266 e. The normalized spacial score (nSPS) is 9.83. The van der Waals surface area contributed by atoms with E-state index >= 15 is 0 Å². The van der Waals surface area contributed by atoms with Gasteiger partial charge in [0.1, 0.15) is 0 Å². The van der Waals surface area contributed by atoms with E-state index < -0.39 is 6.08 Å². The van der Waals surface area contributed by atoms with Gasteiger partial charge in [-0.05, 0) is 12.5 Å². The highest BCUT2D eigenvalue weighted by Gasteiger charge is 1.94. The molecule has 0 radical (unpaired) electrons. The van der Waals surface area contributed by atoms with Crippen LogP contribution in [0.5, 0.6) is 0 Å². The number of hydrogen-bond donors (Lipinski definition) is 0. The average molecular weight is 207 g/mol. The lowest BCUT2D eigenvalue weighted by Gasteiger charge is -1.91. The molecule has 0 bridgehead atoms. The van der Waals surface area contributed by atoms with Gasteiger partial charge in [0.05, 0.1) is 15.9 Å². The van der Waals surface area contributed by atoms with Crippen LogP contribution >= 0.6 is 23.1 Å². The first kappa shape index (κ1) is 9.67. The number of allylic oxidation sites excluding steroid dienone is 1. The van der Waals surface area contributed by atoms with Crippen LogP contribution in [0, 0.1) is 0 Å². The highest BCUT2D eigenvalue weighted by Crippen LogP contribution is 2.22. The second-order valence-electron chi connectivity index (χ2n) is 1.95. The average Bonchev–Trinajstić information content (AvgIpc) is 2.49. The molecule has 1 heterocycles. The van der Waals surface area contributed by atoms with Crippen LogP contribution in [0.4, 0.5) is 8.78 Å². The summed E-state index contributed by atoms with van der Waals surface area (Å²) in [5.41, 5.74) is 1.73. The zero-order valence-electron chi connectivity index (χ0n) is 6.17. The van der Waals surface area contributed by atoms with Crippen LogP contribution in [0.25, 0.3) is 0 Å². The number of halogens is 2. The molecule has 0 saturated heterocycles. The Bertz CT molecular complexity index is 242. The maximum Gasteiger partial charge on any atom is 0.266 e. The van der Waals surface area contributed by atoms with E-state index in [-0.39, 0.29) is 0 Å². The van der Waals surface area contributed by atoms with Gasteiger partial charge >= 0.3 is 0 Å². The molecule has 0 aliphatic rings. The van der Waals surface area contributed by atoms with Crippen LogP contribution < -0.4 is 0 Å². The summed E-state index contributed by atoms with van der Waals surface area (Å²) < 4.78 is 24.2. The Morgan fingerprint density at radius 2 is 2.50 bits per heavy atom. The Labute approximate surface area is 77.5 Å². The van der Waals surface area contributed by atoms with E-state index in [0.717, 1.165) is 10.3 Å². The third-order valence-corrected chi connectivity index (χ3v) is 3.11. The minimum atomic E-state index is -1.60. The number of thioether (sulfide) groups is 1. The predicted octanol–water partition coefficient (Wildman–Crippen LogP) is 3.41. The van der Waals surface area contributed by atoms with Crippen molar-refractivity contribution in [3.8, 4) is 0 Å². The Morgan fingerprint density at radius 3 is 3.08 bits per heavy atom. The first-order valence-corrected chi connectivity index (χ1v) is 5.18. The smallest absolute Gasteiger partial charge is 0.252 e. The fourth-order valence-electron chi connectivity index (χ4n) is 0.603. The SMILES string of the molecule is FC(F)=CCCSc1cncs1. The minimum Gasteiger partial charge on any atom is -0.252 e. The molecule has 0 unspecified atom stereocenters. The lowest BCUT2D eigenvalue weighted by Crippen LogP contribution is -1.73. The van der Waals surface area contributed by atoms with Crippen LogP contribution in [0.3, 0.4) is 0 Å². The molecule has 0 aliphatic carbocycles. The standard InChI is InChI=1S/C7H7F2NS2/c8-6(9)2-1-3-11-7-4-10-5-12-7/h2,4-5H,1,3H2. The topological polar surface area (TPSA) is 12.9 Å². The van der Waals surface area contributed by atoms with Crippen molar-refractivity contribution in [3.05, 3.63) is 23.9 Å². The van der Waals surface area contributed by atoms with Crippen molar-refractivity contribution in [1.82, 2.24) is 4.98 Å². The van der Waals surface area contributed by atoms with Crippen LogP contribution in [-0.2, 0) is 0 Å². The van der Waals surface area contributed by atoms with Crippen molar-refractivity contribution >= 4 is 23.1 Å². The number of nitrogens with zero attached hydrogens (tertiary/aromatic N) is 1. The first-order valence-electron chi connectivity index (χ1n) is 3.31. The van der Waals surface area contributed by atoms with Crippen molar-refractivity contribution in [2.24, 2.45) is 0 Å². The monoisotopic (exact) mass is 207 g/mol. The summed E-state index contributed by atoms with van der Waals surface area (Å²) in [7, 11) is 0. The van der Waals surface area contributed by atoms with Gasteiger partial charge in [-0.2, -0.15) is 8.78 Å². The number of rotatable bonds is 4. The summed E-state index contributed by atoms with van der Waals surface area (Å²) in [4.78, 5) is 3.87. The molecular formula is C7H7F2NS2. The van der Waals surface area contributed by atoms with Gasteiger partial charge in [0.15, 0.2) is 0 Å². The molecule has 1 aromatic rings. The van der Waals surface area contributed by atoms with Gasteiger partial charge in [0.2, 0.25) is 0 Å². The maximum absolute atomic E-state index is 11.5. The zero-order chi connectivity index (χ0) is 8.81. The quantitative estimate of drug-likeness (QED) is 0.554. The molecule has 0 atom stereocenters. The second-order valence-corrected chi connectivity index (χ2v) is 4.23. The number of hydrogen-bond acceptors (Lipinski definition) is 3. The third-order valence-electron chi connectivity index (χ3n) is 1.07. The van der Waals surface area contributed by atoms with E-state index in [1.807, 2.05) is 0 Å². The van der Waals surface area contributed by atoms with E-state index in [1.54, 1.807) is 23.5 Å². The Balaban J connectivity index is 2.16. The van der Waals surface area contributed by atoms with Crippen molar-refractivity contribution in [1.29, 1.82) is 0 Å². The fourth-order valence-corrected chi connectivity index (χ4v) is 2.17. The summed E-state index contributed by atoms with van der Waals surface area (Å²) in [6, 6.07) is 0.